The number of carbonyl (C=O) groups excluding carboxylic acids is 1. The van der Waals surface area contributed by atoms with Crippen molar-refractivity contribution in [2.45, 2.75) is 20.4 Å². The molecule has 5 heterocycles. The highest BCUT2D eigenvalue weighted by Crippen LogP contribution is 2.20. The third-order valence-electron chi connectivity index (χ3n) is 5.32. The molecule has 0 radical (unpaired) electrons. The van der Waals surface area contributed by atoms with E-state index in [4.69, 9.17) is 6.42 Å². The molecule has 5 aromatic heterocycles. The van der Waals surface area contributed by atoms with E-state index in [0.717, 1.165) is 17.0 Å². The van der Waals surface area contributed by atoms with E-state index in [-0.39, 0.29) is 11.6 Å². The molecule has 5 rings (SSSR count). The first kappa shape index (κ1) is 23.4. The van der Waals surface area contributed by atoms with Gasteiger partial charge >= 0.3 is 0 Å². The molecule has 0 saturated carbocycles. The molecule has 11 nitrogen and oxygen atoms in total. The Bertz CT molecular complexity index is 1590. The van der Waals surface area contributed by atoms with E-state index < -0.39 is 0 Å². The van der Waals surface area contributed by atoms with Crippen molar-refractivity contribution in [2.75, 3.05) is 5.32 Å². The lowest BCUT2D eigenvalue weighted by molar-refractivity contribution is 0.0946. The van der Waals surface area contributed by atoms with Gasteiger partial charge in [-0.3, -0.25) is 14.9 Å². The summed E-state index contributed by atoms with van der Waals surface area (Å²) < 4.78 is 1.60. The molecule has 0 aliphatic heterocycles. The van der Waals surface area contributed by atoms with Crippen molar-refractivity contribution in [1.82, 2.24) is 45.2 Å². The number of pyridine rings is 2. The minimum atomic E-state index is -0.303. The Hall–Kier alpha value is -5.37. The summed E-state index contributed by atoms with van der Waals surface area (Å²) in [7, 11) is 0. The maximum Gasteiger partial charge on any atom is 0.270 e. The van der Waals surface area contributed by atoms with Crippen LogP contribution in [0.1, 0.15) is 33.0 Å². The van der Waals surface area contributed by atoms with Crippen molar-refractivity contribution in [1.29, 1.82) is 0 Å². The SMILES string of the molecule is C#Cc1cnn(-c2ccc(CNC(=O)c3ccc(-c4nc(C)cc(Nc5cc(C)[nH]n5)n4)cn3)cn2)c1. The quantitative estimate of drug-likeness (QED) is 0.296. The molecular weight excluding hydrogens is 468 g/mol. The van der Waals surface area contributed by atoms with Gasteiger partial charge in [-0.1, -0.05) is 12.0 Å². The summed E-state index contributed by atoms with van der Waals surface area (Å²) in [6.07, 6.45) is 11.9. The Balaban J connectivity index is 1.22. The third-order valence-corrected chi connectivity index (χ3v) is 5.32. The van der Waals surface area contributed by atoms with Crippen molar-refractivity contribution in [2.24, 2.45) is 0 Å². The molecule has 0 spiro atoms. The van der Waals surface area contributed by atoms with Crippen LogP contribution in [0.15, 0.2) is 61.2 Å². The van der Waals surface area contributed by atoms with Gasteiger partial charge in [-0.25, -0.2) is 19.6 Å². The maximum absolute atomic E-state index is 12.6. The van der Waals surface area contributed by atoms with E-state index in [1.807, 2.05) is 32.0 Å². The van der Waals surface area contributed by atoms with Crippen LogP contribution in [0.2, 0.25) is 0 Å². The number of anilines is 2. The summed E-state index contributed by atoms with van der Waals surface area (Å²) in [4.78, 5) is 30.4. The van der Waals surface area contributed by atoms with E-state index in [1.54, 1.807) is 47.7 Å². The molecule has 3 N–H and O–H groups in total. The third kappa shape index (κ3) is 5.49. The summed E-state index contributed by atoms with van der Waals surface area (Å²) in [6, 6.07) is 10.8. The minimum Gasteiger partial charge on any atom is -0.347 e. The number of rotatable bonds is 7. The number of aromatic nitrogens is 8. The zero-order valence-electron chi connectivity index (χ0n) is 20.1. The average molecular weight is 491 g/mol. The van der Waals surface area contributed by atoms with Gasteiger partial charge in [-0.2, -0.15) is 10.2 Å². The Morgan fingerprint density at radius 1 is 1.05 bits per heavy atom. The van der Waals surface area contributed by atoms with E-state index in [0.29, 0.717) is 40.9 Å². The highest BCUT2D eigenvalue weighted by Gasteiger charge is 2.11. The fourth-order valence-electron chi connectivity index (χ4n) is 3.49. The van der Waals surface area contributed by atoms with Gasteiger partial charge in [0.1, 0.15) is 11.5 Å². The van der Waals surface area contributed by atoms with Crippen LogP contribution in [0.25, 0.3) is 17.2 Å². The first-order valence-corrected chi connectivity index (χ1v) is 11.3. The highest BCUT2D eigenvalue weighted by atomic mass is 16.1. The van der Waals surface area contributed by atoms with Gasteiger partial charge < -0.3 is 10.6 Å². The van der Waals surface area contributed by atoms with Crippen molar-refractivity contribution in [3.8, 4) is 29.5 Å². The monoisotopic (exact) mass is 490 g/mol. The summed E-state index contributed by atoms with van der Waals surface area (Å²) in [5.41, 5.74) is 4.20. The van der Waals surface area contributed by atoms with Gasteiger partial charge in [-0.15, -0.1) is 6.42 Å². The van der Waals surface area contributed by atoms with Crippen LogP contribution in [0.3, 0.4) is 0 Å². The first-order valence-electron chi connectivity index (χ1n) is 11.3. The molecule has 0 saturated heterocycles. The number of carbonyl (C=O) groups is 1. The van der Waals surface area contributed by atoms with Crippen LogP contribution in [0.5, 0.6) is 0 Å². The van der Waals surface area contributed by atoms with E-state index in [1.165, 1.54) is 0 Å². The maximum atomic E-state index is 12.6. The summed E-state index contributed by atoms with van der Waals surface area (Å²) >= 11 is 0. The lowest BCUT2D eigenvalue weighted by Crippen LogP contribution is -2.23. The second-order valence-electron chi connectivity index (χ2n) is 8.24. The molecule has 182 valence electrons. The number of amides is 1. The van der Waals surface area contributed by atoms with Crippen LogP contribution in [0, 0.1) is 26.2 Å². The average Bonchev–Trinajstić information content (AvgIpc) is 3.56. The van der Waals surface area contributed by atoms with Gasteiger partial charge in [0.25, 0.3) is 5.91 Å². The first-order chi connectivity index (χ1) is 18.0. The van der Waals surface area contributed by atoms with E-state index in [2.05, 4.69) is 51.8 Å². The van der Waals surface area contributed by atoms with E-state index in [9.17, 15) is 4.79 Å². The van der Waals surface area contributed by atoms with Crippen LogP contribution in [0.4, 0.5) is 11.6 Å². The number of aryl methyl sites for hydroxylation is 2. The number of hydrogen-bond donors (Lipinski definition) is 3. The molecule has 37 heavy (non-hydrogen) atoms. The molecule has 0 fully saturated rings. The molecular formula is C26H22N10O. The number of H-pyrrole nitrogens is 1. The molecule has 1 amide bonds. The Morgan fingerprint density at radius 3 is 2.62 bits per heavy atom. The van der Waals surface area contributed by atoms with Crippen LogP contribution in [-0.4, -0.2) is 45.8 Å². The van der Waals surface area contributed by atoms with Gasteiger partial charge in [0.05, 0.1) is 11.8 Å². The zero-order valence-corrected chi connectivity index (χ0v) is 20.1. The Morgan fingerprint density at radius 2 is 1.95 bits per heavy atom. The lowest BCUT2D eigenvalue weighted by atomic mass is 10.2. The van der Waals surface area contributed by atoms with Crippen molar-refractivity contribution >= 4 is 17.5 Å². The van der Waals surface area contributed by atoms with Crippen LogP contribution < -0.4 is 10.6 Å². The fraction of sp³-hybridized carbons (Fsp3) is 0.115. The lowest BCUT2D eigenvalue weighted by Gasteiger charge is -2.08. The summed E-state index contributed by atoms with van der Waals surface area (Å²) in [5, 5.41) is 17.2. The molecule has 0 bridgehead atoms. The van der Waals surface area contributed by atoms with Crippen LogP contribution in [-0.2, 0) is 6.54 Å². The second kappa shape index (κ2) is 10.1. The number of nitrogens with one attached hydrogen (secondary N) is 3. The van der Waals surface area contributed by atoms with Gasteiger partial charge in [0, 0.05) is 54.2 Å². The van der Waals surface area contributed by atoms with Gasteiger partial charge in [0.15, 0.2) is 17.5 Å². The molecule has 11 heteroatoms. The van der Waals surface area contributed by atoms with Crippen LogP contribution >= 0.6 is 0 Å². The summed E-state index contributed by atoms with van der Waals surface area (Å²) in [6.45, 7) is 4.10. The largest absolute Gasteiger partial charge is 0.347 e. The van der Waals surface area contributed by atoms with Crippen molar-refractivity contribution in [3.63, 3.8) is 0 Å². The number of nitrogens with zero attached hydrogens (tertiary/aromatic N) is 7. The fourth-order valence-corrected chi connectivity index (χ4v) is 3.49. The minimum absolute atomic E-state index is 0.282. The standard InChI is InChI=1S/C26H22N10O/c1-4-18-13-30-36(15-18)24-8-5-19(11-28-24)12-29-26(37)21-7-6-20(14-27-21)25-31-16(2)9-22(33-25)32-23-10-17(3)34-35-23/h1,5-11,13-15H,12H2,2-3H3,(H,29,37)(H2,31,32,33,34,35). The Kier molecular flexibility index (Phi) is 6.37. The molecule has 0 aliphatic rings. The predicted octanol–water partition coefficient (Wildman–Crippen LogP) is 3.11. The van der Waals surface area contributed by atoms with Gasteiger partial charge in [-0.05, 0) is 37.6 Å². The summed E-state index contributed by atoms with van der Waals surface area (Å²) in [5.74, 6) is 4.62. The van der Waals surface area contributed by atoms with Gasteiger partial charge in [0.2, 0.25) is 0 Å². The molecule has 0 aliphatic carbocycles. The molecule has 0 aromatic carbocycles. The topological polar surface area (TPSA) is 139 Å². The normalized spacial score (nSPS) is 10.6. The number of aromatic amines is 1. The molecule has 0 unspecified atom stereocenters. The highest BCUT2D eigenvalue weighted by molar-refractivity contribution is 5.92. The molecule has 5 aromatic rings. The van der Waals surface area contributed by atoms with Crippen molar-refractivity contribution in [3.05, 3.63) is 89.4 Å². The second-order valence-corrected chi connectivity index (χ2v) is 8.24. The van der Waals surface area contributed by atoms with Crippen molar-refractivity contribution < 1.29 is 4.79 Å². The predicted molar refractivity (Wildman–Crippen MR) is 137 cm³/mol. The number of terminal acetylenes is 1. The Labute approximate surface area is 212 Å². The zero-order chi connectivity index (χ0) is 25.8. The smallest absolute Gasteiger partial charge is 0.270 e. The van der Waals surface area contributed by atoms with E-state index >= 15 is 0 Å². The number of hydrogen-bond acceptors (Lipinski definition) is 8. The molecule has 0 atom stereocenters.